The predicted octanol–water partition coefficient (Wildman–Crippen LogP) is -1.17. The summed E-state index contributed by atoms with van der Waals surface area (Å²) in [5.74, 6) is 0.898. The highest BCUT2D eigenvalue weighted by Gasteiger charge is 2.55. The third-order valence-electron chi connectivity index (χ3n) is 2.70. The van der Waals surface area contributed by atoms with Gasteiger partial charge in [0, 0.05) is 19.1 Å². The minimum Gasteiger partial charge on any atom is -0.327 e. The summed E-state index contributed by atoms with van der Waals surface area (Å²) in [4.78, 5) is 0. The number of hydrogen-bond donors (Lipinski definition) is 1. The molecule has 11 heavy (non-hydrogen) atoms. The van der Waals surface area contributed by atoms with Gasteiger partial charge in [-0.3, -0.25) is 0 Å². The Morgan fingerprint density at radius 1 is 1.36 bits per heavy atom. The van der Waals surface area contributed by atoms with Gasteiger partial charge in [0.1, 0.15) is 0 Å². The molecule has 64 valence electrons. The van der Waals surface area contributed by atoms with Gasteiger partial charge >= 0.3 is 0 Å². The van der Waals surface area contributed by atoms with E-state index in [1.165, 1.54) is 10.6 Å². The Hall–Kier alpha value is -0.130. The van der Waals surface area contributed by atoms with Crippen LogP contribution in [-0.2, 0) is 10.0 Å². The van der Waals surface area contributed by atoms with Gasteiger partial charge in [-0.15, -0.1) is 0 Å². The van der Waals surface area contributed by atoms with Gasteiger partial charge in [0.25, 0.3) is 0 Å². The SMILES string of the molecule is CS(=O)(=O)N1C[C@H]2C(N)[C@@H]2C1. The second-order valence-electron chi connectivity index (χ2n) is 3.49. The number of nitrogens with zero attached hydrogens (tertiary/aromatic N) is 1. The lowest BCUT2D eigenvalue weighted by molar-refractivity contribution is 0.436. The third-order valence-corrected chi connectivity index (χ3v) is 3.93. The maximum Gasteiger partial charge on any atom is 0.211 e. The summed E-state index contributed by atoms with van der Waals surface area (Å²) < 4.78 is 23.5. The van der Waals surface area contributed by atoms with E-state index in [1.807, 2.05) is 0 Å². The number of hydrogen-bond acceptors (Lipinski definition) is 3. The van der Waals surface area contributed by atoms with E-state index in [0.717, 1.165) is 0 Å². The molecule has 4 nitrogen and oxygen atoms in total. The highest BCUT2D eigenvalue weighted by Crippen LogP contribution is 2.44. The summed E-state index contributed by atoms with van der Waals surface area (Å²) >= 11 is 0. The predicted molar refractivity (Wildman–Crippen MR) is 41.4 cm³/mol. The first kappa shape index (κ1) is 7.52. The third kappa shape index (κ3) is 1.07. The van der Waals surface area contributed by atoms with E-state index in [0.29, 0.717) is 24.9 Å². The first-order valence-corrected chi connectivity index (χ1v) is 5.55. The van der Waals surface area contributed by atoms with Gasteiger partial charge in [-0.2, -0.15) is 0 Å². The summed E-state index contributed by atoms with van der Waals surface area (Å²) in [6, 6.07) is 0.271. The molecule has 2 fully saturated rings. The van der Waals surface area contributed by atoms with Gasteiger partial charge in [-0.05, 0) is 11.8 Å². The molecule has 2 rings (SSSR count). The van der Waals surface area contributed by atoms with E-state index in [2.05, 4.69) is 0 Å². The number of fused-ring (bicyclic) bond motifs is 1. The monoisotopic (exact) mass is 176 g/mol. The van der Waals surface area contributed by atoms with Gasteiger partial charge in [0.2, 0.25) is 10.0 Å². The largest absolute Gasteiger partial charge is 0.327 e. The number of nitrogens with two attached hydrogens (primary N) is 1. The molecule has 2 N–H and O–H groups in total. The van der Waals surface area contributed by atoms with Gasteiger partial charge in [0.15, 0.2) is 0 Å². The Bertz CT molecular complexity index is 262. The summed E-state index contributed by atoms with van der Waals surface area (Å²) in [5.41, 5.74) is 5.66. The van der Waals surface area contributed by atoms with Crippen LogP contribution in [0.1, 0.15) is 0 Å². The van der Waals surface area contributed by atoms with Crippen LogP contribution in [0.25, 0.3) is 0 Å². The number of piperidine rings is 1. The Labute approximate surface area is 66.4 Å². The number of sulfonamides is 1. The molecular formula is C6H12N2O2S. The molecule has 1 saturated carbocycles. The normalized spacial score (nSPS) is 44.0. The Morgan fingerprint density at radius 2 is 1.82 bits per heavy atom. The van der Waals surface area contributed by atoms with Crippen molar-refractivity contribution in [2.24, 2.45) is 17.6 Å². The molecule has 0 aromatic heterocycles. The van der Waals surface area contributed by atoms with E-state index in [9.17, 15) is 8.42 Å². The highest BCUT2D eigenvalue weighted by atomic mass is 32.2. The molecule has 0 aromatic carbocycles. The minimum atomic E-state index is -2.95. The molecule has 5 heteroatoms. The van der Waals surface area contributed by atoms with Crippen molar-refractivity contribution in [2.75, 3.05) is 19.3 Å². The first-order chi connectivity index (χ1) is 5.00. The summed E-state index contributed by atoms with van der Waals surface area (Å²) in [5, 5.41) is 0. The van der Waals surface area contributed by atoms with Crippen LogP contribution in [0.15, 0.2) is 0 Å². The minimum absolute atomic E-state index is 0.271. The van der Waals surface area contributed by atoms with Crippen molar-refractivity contribution < 1.29 is 8.42 Å². The number of rotatable bonds is 1. The van der Waals surface area contributed by atoms with E-state index in [-0.39, 0.29) is 6.04 Å². The molecule has 1 aliphatic carbocycles. The van der Waals surface area contributed by atoms with Crippen molar-refractivity contribution in [3.05, 3.63) is 0 Å². The van der Waals surface area contributed by atoms with Gasteiger partial charge in [-0.1, -0.05) is 0 Å². The Morgan fingerprint density at radius 3 is 2.18 bits per heavy atom. The maximum atomic E-state index is 11.0. The quantitative estimate of drug-likeness (QED) is 0.548. The lowest BCUT2D eigenvalue weighted by atomic mass is 10.4. The highest BCUT2D eigenvalue weighted by molar-refractivity contribution is 7.88. The van der Waals surface area contributed by atoms with Gasteiger partial charge < -0.3 is 5.73 Å². The topological polar surface area (TPSA) is 63.4 Å². The van der Waals surface area contributed by atoms with E-state index in [4.69, 9.17) is 5.73 Å². The van der Waals surface area contributed by atoms with Crippen molar-refractivity contribution in [1.82, 2.24) is 4.31 Å². The van der Waals surface area contributed by atoms with Crippen molar-refractivity contribution in [1.29, 1.82) is 0 Å². The van der Waals surface area contributed by atoms with Crippen LogP contribution in [0.5, 0.6) is 0 Å². The van der Waals surface area contributed by atoms with Gasteiger partial charge in [0.05, 0.1) is 6.26 Å². The van der Waals surface area contributed by atoms with Crippen LogP contribution >= 0.6 is 0 Å². The standard InChI is InChI=1S/C6H12N2O2S/c1-11(9,10)8-2-4-5(3-8)6(4)7/h4-6H,2-3,7H2,1H3/t4-,5-/m1/s1. The van der Waals surface area contributed by atoms with Crippen LogP contribution < -0.4 is 5.73 Å². The van der Waals surface area contributed by atoms with E-state index in [1.54, 1.807) is 0 Å². The molecule has 1 aliphatic heterocycles. The second kappa shape index (κ2) is 1.97. The average Bonchev–Trinajstić information content (AvgIpc) is 2.39. The summed E-state index contributed by atoms with van der Waals surface area (Å²) in [6.45, 7) is 1.29. The summed E-state index contributed by atoms with van der Waals surface area (Å²) in [7, 11) is -2.95. The second-order valence-corrected chi connectivity index (χ2v) is 5.47. The molecule has 1 heterocycles. The molecule has 0 amide bonds. The van der Waals surface area contributed by atoms with Crippen molar-refractivity contribution in [3.63, 3.8) is 0 Å². The fraction of sp³-hybridized carbons (Fsp3) is 1.00. The van der Waals surface area contributed by atoms with Crippen molar-refractivity contribution in [2.45, 2.75) is 6.04 Å². The smallest absolute Gasteiger partial charge is 0.211 e. The maximum absolute atomic E-state index is 11.0. The molecule has 1 saturated heterocycles. The van der Waals surface area contributed by atoms with Crippen LogP contribution in [0.2, 0.25) is 0 Å². The molecule has 0 unspecified atom stereocenters. The molecule has 0 bridgehead atoms. The molecular weight excluding hydrogens is 164 g/mol. The molecule has 2 atom stereocenters. The van der Waals surface area contributed by atoms with E-state index < -0.39 is 10.0 Å². The molecule has 0 spiro atoms. The van der Waals surface area contributed by atoms with Crippen molar-refractivity contribution >= 4 is 10.0 Å². The summed E-state index contributed by atoms with van der Waals surface area (Å²) in [6.07, 6.45) is 1.25. The van der Waals surface area contributed by atoms with Gasteiger partial charge in [-0.25, -0.2) is 12.7 Å². The average molecular weight is 176 g/mol. The molecule has 2 aliphatic rings. The van der Waals surface area contributed by atoms with Crippen molar-refractivity contribution in [3.8, 4) is 0 Å². The Kier molecular flexibility index (Phi) is 1.34. The van der Waals surface area contributed by atoms with Crippen LogP contribution in [0, 0.1) is 11.8 Å². The van der Waals surface area contributed by atoms with Crippen LogP contribution in [-0.4, -0.2) is 38.1 Å². The molecule has 0 aromatic rings. The van der Waals surface area contributed by atoms with Crippen LogP contribution in [0.3, 0.4) is 0 Å². The van der Waals surface area contributed by atoms with Crippen LogP contribution in [0.4, 0.5) is 0 Å². The first-order valence-electron chi connectivity index (χ1n) is 3.71. The fourth-order valence-electron chi connectivity index (χ4n) is 1.80. The Balaban J connectivity index is 2.06. The zero-order chi connectivity index (χ0) is 8.22. The lowest BCUT2D eigenvalue weighted by Crippen LogP contribution is -2.32. The van der Waals surface area contributed by atoms with E-state index >= 15 is 0 Å². The lowest BCUT2D eigenvalue weighted by Gasteiger charge is -2.14. The zero-order valence-corrected chi connectivity index (χ0v) is 7.21. The zero-order valence-electron chi connectivity index (χ0n) is 6.40. The molecule has 0 radical (unpaired) electrons. The fourth-order valence-corrected chi connectivity index (χ4v) is 2.69.